The zero-order valence-electron chi connectivity index (χ0n) is 7.04. The van der Waals surface area contributed by atoms with Crippen molar-refractivity contribution < 1.29 is 9.59 Å². The Hall–Kier alpha value is -0.700. The number of rotatable bonds is 5. The van der Waals surface area contributed by atoms with Crippen molar-refractivity contribution in [2.75, 3.05) is 6.54 Å². The van der Waals surface area contributed by atoms with Gasteiger partial charge in [-0.05, 0) is 5.92 Å². The van der Waals surface area contributed by atoms with Gasteiger partial charge in [-0.1, -0.05) is 13.8 Å². The normalized spacial score (nSPS) is 13.1. The summed E-state index contributed by atoms with van der Waals surface area (Å²) in [6, 6.07) is 0. The second-order valence-corrected chi connectivity index (χ2v) is 3.04. The lowest BCUT2D eigenvalue weighted by Crippen LogP contribution is -2.25. The second kappa shape index (κ2) is 5.02. The molecule has 0 amide bonds. The van der Waals surface area contributed by atoms with Gasteiger partial charge in [-0.25, -0.2) is 0 Å². The maximum atomic E-state index is 11.1. The number of carbonyl (C=O) groups is 2. The molecule has 0 rings (SSSR count). The third kappa shape index (κ3) is 3.88. The van der Waals surface area contributed by atoms with Crippen LogP contribution in [0.1, 0.15) is 20.3 Å². The zero-order valence-corrected chi connectivity index (χ0v) is 7.04. The standard InChI is InChI=1S/C8H15NO2/c1-6(2)3-8(11)7(4-9)5-10/h5-7H,3-4,9H2,1-2H3. The first-order chi connectivity index (χ1) is 5.11. The Labute approximate surface area is 67.0 Å². The largest absolute Gasteiger partial charge is 0.329 e. The van der Waals surface area contributed by atoms with E-state index in [-0.39, 0.29) is 12.3 Å². The van der Waals surface area contributed by atoms with Crippen molar-refractivity contribution in [3.05, 3.63) is 0 Å². The molecule has 3 heteroatoms. The number of carbonyl (C=O) groups excluding carboxylic acids is 2. The van der Waals surface area contributed by atoms with Crippen molar-refractivity contribution in [2.24, 2.45) is 17.6 Å². The maximum Gasteiger partial charge on any atom is 0.144 e. The lowest BCUT2D eigenvalue weighted by atomic mass is 9.98. The number of hydrogen-bond acceptors (Lipinski definition) is 3. The third-order valence-corrected chi connectivity index (χ3v) is 1.44. The first-order valence-corrected chi connectivity index (χ1v) is 3.79. The van der Waals surface area contributed by atoms with Crippen LogP contribution in [0.15, 0.2) is 0 Å². The molecule has 2 N–H and O–H groups in total. The van der Waals surface area contributed by atoms with Crippen molar-refractivity contribution in [3.63, 3.8) is 0 Å². The number of aldehydes is 1. The van der Waals surface area contributed by atoms with Gasteiger partial charge in [0, 0.05) is 13.0 Å². The van der Waals surface area contributed by atoms with Crippen LogP contribution in [0, 0.1) is 11.8 Å². The fraction of sp³-hybridized carbons (Fsp3) is 0.750. The highest BCUT2D eigenvalue weighted by molar-refractivity contribution is 5.93. The lowest BCUT2D eigenvalue weighted by Gasteiger charge is -2.07. The molecule has 11 heavy (non-hydrogen) atoms. The highest BCUT2D eigenvalue weighted by atomic mass is 16.1. The molecule has 0 aliphatic heterocycles. The molecule has 0 aromatic rings. The molecule has 0 aliphatic carbocycles. The highest BCUT2D eigenvalue weighted by Gasteiger charge is 2.15. The quantitative estimate of drug-likeness (QED) is 0.463. The molecule has 0 saturated heterocycles. The van der Waals surface area contributed by atoms with Crippen LogP contribution >= 0.6 is 0 Å². The van der Waals surface area contributed by atoms with Crippen LogP contribution in [-0.2, 0) is 9.59 Å². The average Bonchev–Trinajstić information content (AvgIpc) is 1.88. The van der Waals surface area contributed by atoms with E-state index in [2.05, 4.69) is 0 Å². The van der Waals surface area contributed by atoms with Gasteiger partial charge in [-0.3, -0.25) is 4.79 Å². The van der Waals surface area contributed by atoms with Crippen LogP contribution in [0.3, 0.4) is 0 Å². The molecule has 1 unspecified atom stereocenters. The Morgan fingerprint density at radius 1 is 1.55 bits per heavy atom. The molecule has 0 bridgehead atoms. The molecule has 64 valence electrons. The fourth-order valence-corrected chi connectivity index (χ4v) is 0.817. The van der Waals surface area contributed by atoms with Crippen molar-refractivity contribution in [1.82, 2.24) is 0 Å². The SMILES string of the molecule is CC(C)CC(=O)C(C=O)CN. The summed E-state index contributed by atoms with van der Waals surface area (Å²) in [5, 5.41) is 0. The summed E-state index contributed by atoms with van der Waals surface area (Å²) >= 11 is 0. The van der Waals surface area contributed by atoms with E-state index in [1.54, 1.807) is 0 Å². The Morgan fingerprint density at radius 2 is 2.09 bits per heavy atom. The van der Waals surface area contributed by atoms with E-state index in [1.165, 1.54) is 0 Å². The van der Waals surface area contributed by atoms with E-state index in [0.717, 1.165) is 0 Å². The summed E-state index contributed by atoms with van der Waals surface area (Å²) < 4.78 is 0. The highest BCUT2D eigenvalue weighted by Crippen LogP contribution is 2.05. The predicted molar refractivity (Wildman–Crippen MR) is 43.1 cm³/mol. The van der Waals surface area contributed by atoms with E-state index in [4.69, 9.17) is 5.73 Å². The van der Waals surface area contributed by atoms with Gasteiger partial charge in [0.1, 0.15) is 12.1 Å². The van der Waals surface area contributed by atoms with E-state index in [9.17, 15) is 9.59 Å². The Morgan fingerprint density at radius 3 is 2.36 bits per heavy atom. The molecular formula is C8H15NO2. The van der Waals surface area contributed by atoms with Crippen molar-refractivity contribution in [2.45, 2.75) is 20.3 Å². The first-order valence-electron chi connectivity index (χ1n) is 3.79. The van der Waals surface area contributed by atoms with Crippen molar-refractivity contribution >= 4 is 12.1 Å². The lowest BCUT2D eigenvalue weighted by molar-refractivity contribution is -0.127. The van der Waals surface area contributed by atoms with Crippen LogP contribution in [0.25, 0.3) is 0 Å². The van der Waals surface area contributed by atoms with E-state index in [1.807, 2.05) is 13.8 Å². The van der Waals surface area contributed by atoms with Crippen molar-refractivity contribution in [3.8, 4) is 0 Å². The number of nitrogens with two attached hydrogens (primary N) is 1. The molecule has 3 nitrogen and oxygen atoms in total. The summed E-state index contributed by atoms with van der Waals surface area (Å²) in [6.45, 7) is 4.02. The third-order valence-electron chi connectivity index (χ3n) is 1.44. The second-order valence-electron chi connectivity index (χ2n) is 3.04. The minimum Gasteiger partial charge on any atom is -0.329 e. The van der Waals surface area contributed by atoms with Crippen LogP contribution in [0.2, 0.25) is 0 Å². The van der Waals surface area contributed by atoms with Gasteiger partial charge in [0.05, 0.1) is 5.92 Å². The topological polar surface area (TPSA) is 60.2 Å². The van der Waals surface area contributed by atoms with Crippen LogP contribution in [0.5, 0.6) is 0 Å². The van der Waals surface area contributed by atoms with Gasteiger partial charge >= 0.3 is 0 Å². The minimum absolute atomic E-state index is 0.0440. The molecule has 0 saturated carbocycles. The molecule has 1 atom stereocenters. The Balaban J connectivity index is 3.89. The molecule has 0 spiro atoms. The van der Waals surface area contributed by atoms with E-state index < -0.39 is 5.92 Å². The van der Waals surface area contributed by atoms with E-state index >= 15 is 0 Å². The molecular weight excluding hydrogens is 142 g/mol. The number of ketones is 1. The van der Waals surface area contributed by atoms with Crippen LogP contribution < -0.4 is 5.73 Å². The van der Waals surface area contributed by atoms with Crippen molar-refractivity contribution in [1.29, 1.82) is 0 Å². The summed E-state index contributed by atoms with van der Waals surface area (Å²) in [7, 11) is 0. The molecule has 0 heterocycles. The molecule has 0 aliphatic rings. The molecule has 0 aromatic heterocycles. The predicted octanol–water partition coefficient (Wildman–Crippen LogP) is 0.375. The average molecular weight is 157 g/mol. The summed E-state index contributed by atoms with van der Waals surface area (Å²) in [4.78, 5) is 21.4. The molecule has 0 fully saturated rings. The Bertz CT molecular complexity index is 143. The van der Waals surface area contributed by atoms with Gasteiger partial charge in [0.25, 0.3) is 0 Å². The molecule has 0 aromatic carbocycles. The summed E-state index contributed by atoms with van der Waals surface area (Å²) in [5.41, 5.74) is 5.21. The zero-order chi connectivity index (χ0) is 8.85. The first kappa shape index (κ1) is 10.3. The summed E-state index contributed by atoms with van der Waals surface area (Å²) in [5.74, 6) is -0.327. The van der Waals surface area contributed by atoms with Gasteiger partial charge in [-0.15, -0.1) is 0 Å². The number of Topliss-reactive ketones (excluding diaryl/α,β-unsaturated/α-hetero) is 1. The maximum absolute atomic E-state index is 11.1. The Kier molecular flexibility index (Phi) is 4.70. The minimum atomic E-state index is -0.586. The summed E-state index contributed by atoms with van der Waals surface area (Å²) in [6.07, 6.45) is 1.07. The van der Waals surface area contributed by atoms with Crippen LogP contribution in [0.4, 0.5) is 0 Å². The van der Waals surface area contributed by atoms with E-state index in [0.29, 0.717) is 18.6 Å². The van der Waals surface area contributed by atoms with Gasteiger partial charge < -0.3 is 10.5 Å². The monoisotopic (exact) mass is 157 g/mol. The number of hydrogen-bond donors (Lipinski definition) is 1. The van der Waals surface area contributed by atoms with Crippen LogP contribution in [-0.4, -0.2) is 18.6 Å². The van der Waals surface area contributed by atoms with Gasteiger partial charge in [0.2, 0.25) is 0 Å². The van der Waals surface area contributed by atoms with Gasteiger partial charge in [-0.2, -0.15) is 0 Å². The fourth-order valence-electron chi connectivity index (χ4n) is 0.817. The molecule has 0 radical (unpaired) electrons. The smallest absolute Gasteiger partial charge is 0.144 e. The van der Waals surface area contributed by atoms with Gasteiger partial charge in [0.15, 0.2) is 0 Å².